The smallest absolute Gasteiger partial charge is 0.201 e. The van der Waals surface area contributed by atoms with Gasteiger partial charge in [0.1, 0.15) is 28.2 Å². The average molecular weight is 1470 g/mol. The fourth-order valence-electron chi connectivity index (χ4n) is 16.4. The molecule has 4 heterocycles. The van der Waals surface area contributed by atoms with Gasteiger partial charge in [-0.1, -0.05) is 236 Å². The van der Waals surface area contributed by atoms with E-state index in [1.54, 1.807) is 43.0 Å². The van der Waals surface area contributed by atoms with E-state index in [1.165, 1.54) is 154 Å². The fourth-order valence-corrected chi connectivity index (χ4v) is 23.3. The summed E-state index contributed by atoms with van der Waals surface area (Å²) in [7, 11) is 3.22. The molecule has 0 radical (unpaired) electrons. The summed E-state index contributed by atoms with van der Waals surface area (Å²) >= 11 is 0. The van der Waals surface area contributed by atoms with Crippen LogP contribution >= 0.6 is 0 Å². The number of pyridine rings is 4. The van der Waals surface area contributed by atoms with Crippen LogP contribution in [-0.4, -0.2) is 32.3 Å². The lowest BCUT2D eigenvalue weighted by molar-refractivity contribution is -0.660. The number of aromatic nitrogens is 4. The molecule has 566 valence electrons. The number of aryl methyl sites for hydroxylation is 9. The first kappa shape index (κ1) is 87.3. The first-order valence-corrected chi connectivity index (χ1v) is 54.9. The van der Waals surface area contributed by atoms with E-state index in [9.17, 15) is 0 Å². The van der Waals surface area contributed by atoms with E-state index in [1.807, 2.05) is 0 Å². The molecule has 0 spiro atoms. The molecule has 4 nitrogen and oxygen atoms in total. The highest BCUT2D eigenvalue weighted by molar-refractivity contribution is 6.90. The van der Waals surface area contributed by atoms with Crippen molar-refractivity contribution in [3.05, 3.63) is 189 Å². The van der Waals surface area contributed by atoms with Crippen LogP contribution in [0.1, 0.15) is 251 Å². The van der Waals surface area contributed by atoms with Crippen molar-refractivity contribution >= 4 is 53.0 Å². The standard InChI is InChI=1S/2C25H40NSi.C24H38NSi.C22H32NSi/c1-11-19(12-2)22-17-26(7)23(16-24(22)27(8,9)10)21-14-13-20(15-18(21)3)25(4,5)6;1-10-21(11-2)23-17-26(6)24(16-25(23)27(7,8)9)22-13-12-20(14-18(3)4)15-19(22)5;1-10-19(11-2)22-16-25(6)23(15-24(22)26(7,8)9)21-13-12-20(17(3)4)14-18(21)5;1-16-11-12-17(2)19(13-16)21-14-22(24(4,5)6)20(15-23(21)3)18-9-7-8-10-18/h13-17,19H,11-12H2,1-10H3;12-13,15-18,21H,10-11,14H2,1-9H3;12-17,19H,10-11H2,1-9H3;11-15,18H,7-10H2,1-6H3/q4*+1. The Hall–Kier alpha value is -5.65. The van der Waals surface area contributed by atoms with Gasteiger partial charge in [0.05, 0.1) is 32.3 Å². The van der Waals surface area contributed by atoms with Gasteiger partial charge in [-0.2, -0.15) is 0 Å². The molecule has 0 atom stereocenters. The molecule has 1 fully saturated rings. The lowest BCUT2D eigenvalue weighted by Gasteiger charge is -2.25. The molecule has 4 aromatic carbocycles. The van der Waals surface area contributed by atoms with Gasteiger partial charge in [0.15, 0.2) is 24.8 Å². The van der Waals surface area contributed by atoms with Crippen molar-refractivity contribution in [3.8, 4) is 45.0 Å². The first-order chi connectivity index (χ1) is 48.3. The minimum atomic E-state index is -1.43. The zero-order valence-electron chi connectivity index (χ0n) is 73.1. The molecule has 8 aromatic rings. The summed E-state index contributed by atoms with van der Waals surface area (Å²) in [4.78, 5) is 0. The van der Waals surface area contributed by atoms with Crippen molar-refractivity contribution in [3.63, 3.8) is 0 Å². The van der Waals surface area contributed by atoms with Gasteiger partial charge in [-0.05, 0) is 217 Å². The van der Waals surface area contributed by atoms with Gasteiger partial charge < -0.3 is 0 Å². The molecule has 4 aromatic heterocycles. The van der Waals surface area contributed by atoms with E-state index >= 15 is 0 Å². The largest absolute Gasteiger partial charge is 0.212 e. The predicted octanol–water partition coefficient (Wildman–Crippen LogP) is 23.4. The van der Waals surface area contributed by atoms with Gasteiger partial charge in [-0.25, -0.2) is 18.3 Å². The Kier molecular flexibility index (Phi) is 30.6. The van der Waals surface area contributed by atoms with Crippen LogP contribution in [-0.2, 0) is 40.0 Å². The van der Waals surface area contributed by atoms with E-state index in [4.69, 9.17) is 0 Å². The van der Waals surface area contributed by atoms with Crippen LogP contribution < -0.4 is 39.0 Å². The summed E-state index contributed by atoms with van der Waals surface area (Å²) in [5.41, 5.74) is 28.6. The first-order valence-electron chi connectivity index (χ1n) is 40.9. The molecule has 1 saturated carbocycles. The highest BCUT2D eigenvalue weighted by Crippen LogP contribution is 2.37. The number of hydrogen-bond acceptors (Lipinski definition) is 0. The second-order valence-corrected chi connectivity index (χ2v) is 57.8. The summed E-state index contributed by atoms with van der Waals surface area (Å²) in [6, 6.07) is 37.9. The molecule has 0 amide bonds. The third kappa shape index (κ3) is 22.0. The van der Waals surface area contributed by atoms with Gasteiger partial charge in [0.25, 0.3) is 0 Å². The zero-order valence-corrected chi connectivity index (χ0v) is 77.1. The molecular formula is C96H150N4Si4+4. The van der Waals surface area contributed by atoms with Crippen LogP contribution in [0.4, 0.5) is 0 Å². The Labute approximate surface area is 643 Å². The topological polar surface area (TPSA) is 15.5 Å². The van der Waals surface area contributed by atoms with Crippen molar-refractivity contribution in [1.82, 2.24) is 0 Å². The number of rotatable bonds is 21. The highest BCUT2D eigenvalue weighted by atomic mass is 28.3. The molecule has 104 heavy (non-hydrogen) atoms. The third-order valence-corrected chi connectivity index (χ3v) is 31.2. The Morgan fingerprint density at radius 3 is 1.09 bits per heavy atom. The minimum absolute atomic E-state index is 0.189. The normalized spacial score (nSPS) is 13.2. The van der Waals surface area contributed by atoms with Gasteiger partial charge >= 0.3 is 0 Å². The molecule has 0 aliphatic heterocycles. The Balaban J connectivity index is 0.000000218. The van der Waals surface area contributed by atoms with Crippen molar-refractivity contribution in [1.29, 1.82) is 0 Å². The predicted molar refractivity (Wildman–Crippen MR) is 470 cm³/mol. The van der Waals surface area contributed by atoms with Gasteiger partial charge in [0, 0.05) is 68.8 Å². The second-order valence-electron chi connectivity index (χ2n) is 37.7. The van der Waals surface area contributed by atoms with Crippen LogP contribution in [0.2, 0.25) is 78.6 Å². The SMILES string of the molecule is CCC(CC)c1c[n+](C)c(-c2ccc(C(C)(C)C)cc2C)cc1[Si](C)(C)C.CCC(CC)c1c[n+](C)c(-c2ccc(C(C)C)cc2C)cc1[Si](C)(C)C.CCC(CC)c1c[n+](C)c(-c2ccc(CC(C)C)cc2C)cc1[Si](C)(C)C.Cc1ccc(C)c(-c2cc([Si](C)(C)C)c(C3CCCC3)c[n+]2C)c1. The van der Waals surface area contributed by atoms with Crippen LogP contribution in [0.5, 0.6) is 0 Å². The Morgan fingerprint density at radius 1 is 0.385 bits per heavy atom. The Bertz CT molecular complexity index is 4170. The van der Waals surface area contributed by atoms with Gasteiger partial charge in [0.2, 0.25) is 22.8 Å². The fraction of sp³-hybridized carbons (Fsp3) is 0.542. The second kappa shape index (κ2) is 36.5. The van der Waals surface area contributed by atoms with Crippen LogP contribution in [0.15, 0.2) is 122 Å². The van der Waals surface area contributed by atoms with E-state index < -0.39 is 32.3 Å². The molecule has 1 aliphatic rings. The van der Waals surface area contributed by atoms with Crippen molar-refractivity contribution < 1.29 is 18.3 Å². The number of nitrogens with zero attached hydrogens (tertiary/aromatic N) is 4. The summed E-state index contributed by atoms with van der Waals surface area (Å²) in [5, 5.41) is 6.56. The monoisotopic (exact) mass is 1470 g/mol. The maximum Gasteiger partial charge on any atom is 0.212 e. The molecule has 9 rings (SSSR count). The maximum absolute atomic E-state index is 2.53. The van der Waals surface area contributed by atoms with Crippen LogP contribution in [0.3, 0.4) is 0 Å². The highest BCUT2D eigenvalue weighted by Gasteiger charge is 2.35. The maximum atomic E-state index is 2.53. The molecule has 0 bridgehead atoms. The van der Waals surface area contributed by atoms with Crippen LogP contribution in [0, 0.1) is 40.5 Å². The molecule has 0 N–H and O–H groups in total. The van der Waals surface area contributed by atoms with E-state index in [-0.39, 0.29) is 5.41 Å². The molecular weight excluding hydrogens is 1320 g/mol. The summed E-state index contributed by atoms with van der Waals surface area (Å²) < 4.78 is 9.45. The molecule has 0 saturated heterocycles. The van der Waals surface area contributed by atoms with E-state index in [0.29, 0.717) is 29.6 Å². The molecule has 8 heteroatoms. The summed E-state index contributed by atoms with van der Waals surface area (Å²) in [6.07, 6.45) is 23.8. The van der Waals surface area contributed by atoms with Crippen molar-refractivity contribution in [2.45, 2.75) is 309 Å². The zero-order chi connectivity index (χ0) is 78.1. The van der Waals surface area contributed by atoms with Crippen molar-refractivity contribution in [2.75, 3.05) is 0 Å². The van der Waals surface area contributed by atoms with E-state index in [0.717, 1.165) is 12.3 Å². The third-order valence-electron chi connectivity index (χ3n) is 23.0. The number of benzene rings is 4. The van der Waals surface area contributed by atoms with Gasteiger partial charge in [-0.3, -0.25) is 0 Å². The average Bonchev–Trinajstić information content (AvgIpc) is 1.35. The van der Waals surface area contributed by atoms with Gasteiger partial charge in [-0.15, -0.1) is 0 Å². The van der Waals surface area contributed by atoms with Crippen LogP contribution in [0.25, 0.3) is 45.0 Å². The quantitative estimate of drug-likeness (QED) is 0.0503. The lowest BCUT2D eigenvalue weighted by Crippen LogP contribution is -2.45. The lowest BCUT2D eigenvalue weighted by atomic mass is 9.85. The molecule has 0 unspecified atom stereocenters. The minimum Gasteiger partial charge on any atom is -0.201 e. The van der Waals surface area contributed by atoms with Crippen molar-refractivity contribution in [2.24, 2.45) is 34.1 Å². The number of hydrogen-bond donors (Lipinski definition) is 0. The summed E-state index contributed by atoms with van der Waals surface area (Å²) in [5.74, 6) is 4.06. The van der Waals surface area contributed by atoms with E-state index in [2.05, 4.69) is 371 Å². The molecule has 1 aliphatic carbocycles. The Morgan fingerprint density at radius 2 is 0.740 bits per heavy atom. The summed E-state index contributed by atoms with van der Waals surface area (Å²) in [6.45, 7) is 70.9.